The number of hydrogen-bond donors (Lipinski definition) is 0. The number of carbonyl (C=O) groups excluding carboxylic acids is 1. The van der Waals surface area contributed by atoms with Gasteiger partial charge in [0.15, 0.2) is 5.65 Å². The molecule has 4 heterocycles. The summed E-state index contributed by atoms with van der Waals surface area (Å²) in [5, 5.41) is 8.61. The van der Waals surface area contributed by atoms with Gasteiger partial charge in [-0.1, -0.05) is 6.07 Å². The first-order chi connectivity index (χ1) is 11.8. The molecule has 0 aromatic carbocycles. The molecule has 0 aliphatic carbocycles. The fourth-order valence-corrected chi connectivity index (χ4v) is 3.84. The van der Waals surface area contributed by atoms with Crippen LogP contribution in [0.2, 0.25) is 0 Å². The summed E-state index contributed by atoms with van der Waals surface area (Å²) in [5.41, 5.74) is 0.891. The van der Waals surface area contributed by atoms with Gasteiger partial charge in [-0.3, -0.25) is 9.20 Å². The minimum atomic E-state index is 0.273. The largest absolute Gasteiger partial charge is 0.378 e. The molecule has 0 spiro atoms. The maximum absolute atomic E-state index is 12.4. The average Bonchev–Trinajstić information content (AvgIpc) is 3.29. The molecule has 0 unspecified atom stereocenters. The predicted octanol–water partition coefficient (Wildman–Crippen LogP) is 2.39. The number of aromatic nitrogens is 3. The molecule has 2 aliphatic heterocycles. The highest BCUT2D eigenvalue weighted by molar-refractivity contribution is 5.76. The molecule has 0 N–H and O–H groups in total. The zero-order chi connectivity index (χ0) is 16.4. The Bertz CT molecular complexity index is 700. The molecule has 6 nitrogen and oxygen atoms in total. The van der Waals surface area contributed by atoms with Gasteiger partial charge in [-0.05, 0) is 44.2 Å². The minimum Gasteiger partial charge on any atom is -0.378 e. The lowest BCUT2D eigenvalue weighted by Crippen LogP contribution is -2.38. The number of ether oxygens (including phenoxy) is 1. The topological polar surface area (TPSA) is 59.7 Å². The van der Waals surface area contributed by atoms with Crippen LogP contribution in [-0.4, -0.2) is 51.2 Å². The van der Waals surface area contributed by atoms with E-state index in [0.717, 1.165) is 63.3 Å². The lowest BCUT2D eigenvalue weighted by atomic mass is 9.95. The van der Waals surface area contributed by atoms with E-state index >= 15 is 0 Å². The lowest BCUT2D eigenvalue weighted by molar-refractivity contribution is -0.132. The first-order valence-electron chi connectivity index (χ1n) is 9.00. The predicted molar refractivity (Wildman–Crippen MR) is 89.8 cm³/mol. The van der Waals surface area contributed by atoms with Crippen molar-refractivity contribution in [2.45, 2.75) is 50.5 Å². The summed E-state index contributed by atoms with van der Waals surface area (Å²) in [6, 6.07) is 5.95. The number of carbonyl (C=O) groups is 1. The Balaban J connectivity index is 1.32. The van der Waals surface area contributed by atoms with Gasteiger partial charge < -0.3 is 9.64 Å². The SMILES string of the molecule is O=C(CC[C@@H]1CCCO1)N1CCC(c2nnc3ccccn23)CC1. The Morgan fingerprint density at radius 1 is 1.21 bits per heavy atom. The number of pyridine rings is 1. The quantitative estimate of drug-likeness (QED) is 0.865. The number of piperidine rings is 1. The summed E-state index contributed by atoms with van der Waals surface area (Å²) >= 11 is 0. The normalized spacial score (nSPS) is 22.3. The van der Waals surface area contributed by atoms with Crippen LogP contribution in [0.25, 0.3) is 5.65 Å². The molecule has 1 amide bonds. The molecule has 1 atom stereocenters. The van der Waals surface area contributed by atoms with E-state index in [-0.39, 0.29) is 5.91 Å². The van der Waals surface area contributed by atoms with Gasteiger partial charge in [-0.25, -0.2) is 0 Å². The summed E-state index contributed by atoms with van der Waals surface area (Å²) in [5.74, 6) is 1.68. The number of rotatable bonds is 4. The van der Waals surface area contributed by atoms with E-state index in [4.69, 9.17) is 4.74 Å². The van der Waals surface area contributed by atoms with E-state index in [1.54, 1.807) is 0 Å². The van der Waals surface area contributed by atoms with Crippen LogP contribution in [0.3, 0.4) is 0 Å². The van der Waals surface area contributed by atoms with Gasteiger partial charge in [0.25, 0.3) is 0 Å². The van der Waals surface area contributed by atoms with Gasteiger partial charge in [-0.2, -0.15) is 0 Å². The Hall–Kier alpha value is -1.95. The first kappa shape index (κ1) is 15.6. The molecule has 24 heavy (non-hydrogen) atoms. The summed E-state index contributed by atoms with van der Waals surface area (Å²) in [6.07, 6.45) is 7.96. The van der Waals surface area contributed by atoms with Crippen LogP contribution in [0.5, 0.6) is 0 Å². The molecule has 0 radical (unpaired) electrons. The molecule has 2 aromatic rings. The van der Waals surface area contributed by atoms with E-state index < -0.39 is 0 Å². The average molecular weight is 328 g/mol. The van der Waals surface area contributed by atoms with Crippen LogP contribution in [0.4, 0.5) is 0 Å². The molecule has 2 aromatic heterocycles. The fourth-order valence-electron chi connectivity index (χ4n) is 3.84. The van der Waals surface area contributed by atoms with E-state index in [1.165, 1.54) is 0 Å². The van der Waals surface area contributed by atoms with Gasteiger partial charge in [0.1, 0.15) is 5.82 Å². The Labute approximate surface area is 141 Å². The van der Waals surface area contributed by atoms with Crippen molar-refractivity contribution in [3.8, 4) is 0 Å². The van der Waals surface area contributed by atoms with Crippen LogP contribution in [-0.2, 0) is 9.53 Å². The van der Waals surface area contributed by atoms with Crippen molar-refractivity contribution in [3.05, 3.63) is 30.2 Å². The van der Waals surface area contributed by atoms with Gasteiger partial charge in [0.2, 0.25) is 5.91 Å². The molecular formula is C18H24N4O2. The summed E-state index contributed by atoms with van der Waals surface area (Å²) in [7, 11) is 0. The highest BCUT2D eigenvalue weighted by Crippen LogP contribution is 2.27. The molecule has 2 aliphatic rings. The van der Waals surface area contributed by atoms with Crippen molar-refractivity contribution < 1.29 is 9.53 Å². The molecule has 6 heteroatoms. The highest BCUT2D eigenvalue weighted by Gasteiger charge is 2.27. The molecule has 4 rings (SSSR count). The summed E-state index contributed by atoms with van der Waals surface area (Å²) in [6.45, 7) is 2.49. The lowest BCUT2D eigenvalue weighted by Gasteiger charge is -2.31. The molecule has 0 bridgehead atoms. The number of hydrogen-bond acceptors (Lipinski definition) is 4. The van der Waals surface area contributed by atoms with E-state index in [9.17, 15) is 4.79 Å². The van der Waals surface area contributed by atoms with Crippen LogP contribution >= 0.6 is 0 Å². The smallest absolute Gasteiger partial charge is 0.222 e. The van der Waals surface area contributed by atoms with Crippen LogP contribution in [0.1, 0.15) is 50.3 Å². The molecule has 2 saturated heterocycles. The van der Waals surface area contributed by atoms with Crippen molar-refractivity contribution in [1.82, 2.24) is 19.5 Å². The standard InChI is InChI=1S/C18H24N4O2/c23-17(7-6-15-4-3-13-24-15)21-11-8-14(9-12-21)18-20-19-16-5-1-2-10-22(16)18/h1-2,5,10,14-15H,3-4,6-9,11-13H2/t15-/m0/s1. The second kappa shape index (κ2) is 6.89. The van der Waals surface area contributed by atoms with Gasteiger partial charge in [0, 0.05) is 38.2 Å². The second-order valence-corrected chi connectivity index (χ2v) is 6.82. The summed E-state index contributed by atoms with van der Waals surface area (Å²) in [4.78, 5) is 14.4. The summed E-state index contributed by atoms with van der Waals surface area (Å²) < 4.78 is 7.68. The third-order valence-electron chi connectivity index (χ3n) is 5.26. The fraction of sp³-hybridized carbons (Fsp3) is 0.611. The van der Waals surface area contributed by atoms with Crippen molar-refractivity contribution in [1.29, 1.82) is 0 Å². The van der Waals surface area contributed by atoms with Crippen molar-refractivity contribution in [3.63, 3.8) is 0 Å². The van der Waals surface area contributed by atoms with Gasteiger partial charge in [0.05, 0.1) is 6.10 Å². The van der Waals surface area contributed by atoms with E-state index in [2.05, 4.69) is 14.6 Å². The number of nitrogens with zero attached hydrogens (tertiary/aromatic N) is 4. The Kier molecular flexibility index (Phi) is 4.47. The van der Waals surface area contributed by atoms with Gasteiger partial charge in [-0.15, -0.1) is 10.2 Å². The molecular weight excluding hydrogens is 304 g/mol. The zero-order valence-corrected chi connectivity index (χ0v) is 13.9. The molecule has 0 saturated carbocycles. The molecule has 2 fully saturated rings. The van der Waals surface area contributed by atoms with Crippen molar-refractivity contribution >= 4 is 11.6 Å². The van der Waals surface area contributed by atoms with Gasteiger partial charge >= 0.3 is 0 Å². The Morgan fingerprint density at radius 3 is 2.88 bits per heavy atom. The number of fused-ring (bicyclic) bond motifs is 1. The monoisotopic (exact) mass is 328 g/mol. The third-order valence-corrected chi connectivity index (χ3v) is 5.26. The maximum atomic E-state index is 12.4. The minimum absolute atomic E-state index is 0.273. The first-order valence-corrected chi connectivity index (χ1v) is 9.00. The number of likely N-dealkylation sites (tertiary alicyclic amines) is 1. The zero-order valence-electron chi connectivity index (χ0n) is 13.9. The second-order valence-electron chi connectivity index (χ2n) is 6.82. The Morgan fingerprint density at radius 2 is 2.08 bits per heavy atom. The van der Waals surface area contributed by atoms with Crippen molar-refractivity contribution in [2.24, 2.45) is 0 Å². The molecule has 128 valence electrons. The maximum Gasteiger partial charge on any atom is 0.222 e. The van der Waals surface area contributed by atoms with Crippen LogP contribution < -0.4 is 0 Å². The van der Waals surface area contributed by atoms with E-state index in [0.29, 0.717) is 18.4 Å². The van der Waals surface area contributed by atoms with Crippen LogP contribution in [0, 0.1) is 0 Å². The van der Waals surface area contributed by atoms with E-state index in [1.807, 2.05) is 29.3 Å². The number of amides is 1. The van der Waals surface area contributed by atoms with Crippen LogP contribution in [0.15, 0.2) is 24.4 Å². The third kappa shape index (κ3) is 3.15. The highest BCUT2D eigenvalue weighted by atomic mass is 16.5. The van der Waals surface area contributed by atoms with Crippen molar-refractivity contribution in [2.75, 3.05) is 19.7 Å².